The van der Waals surface area contributed by atoms with Gasteiger partial charge in [0.1, 0.15) is 37.1 Å². The first-order valence-electron chi connectivity index (χ1n) is 15.4. The van der Waals surface area contributed by atoms with E-state index in [0.717, 1.165) is 0 Å². The van der Waals surface area contributed by atoms with Gasteiger partial charge in [-0.05, 0) is 106 Å². The molecule has 0 saturated carbocycles. The maximum absolute atomic E-state index is 10.9. The quantitative estimate of drug-likeness (QED) is 0.215. The summed E-state index contributed by atoms with van der Waals surface area (Å²) in [5.74, 6) is 2.00. The van der Waals surface area contributed by atoms with E-state index in [0.29, 0.717) is 30.5 Å². The van der Waals surface area contributed by atoms with Crippen LogP contribution in [0.3, 0.4) is 0 Å². The van der Waals surface area contributed by atoms with Crippen LogP contribution in [0, 0.1) is 21.7 Å². The van der Waals surface area contributed by atoms with Crippen molar-refractivity contribution in [3.63, 3.8) is 0 Å². The molecular formula is C38H54O6. The van der Waals surface area contributed by atoms with Gasteiger partial charge in [0.05, 0.1) is 22.2 Å². The predicted octanol–water partition coefficient (Wildman–Crippen LogP) is 7.40. The summed E-state index contributed by atoms with van der Waals surface area (Å²) in [5, 5.41) is 32.3. The second kappa shape index (κ2) is 12.7. The standard InChI is InChI=1S/C38H54O6/c1-32(2,39)36(8)21-13-16-29(18-23-36)42-26-35(7,27-43-30-17-14-22-37(9,24-19-30)33(3,4)40)28-44-31-15-11-12-20-38(10,25-31)34(5,6)41/h11-25,39-41H,26-28H2,1-10H3. The molecule has 6 nitrogen and oxygen atoms in total. The van der Waals surface area contributed by atoms with Crippen molar-refractivity contribution < 1.29 is 29.5 Å². The van der Waals surface area contributed by atoms with E-state index in [9.17, 15) is 15.3 Å². The Kier molecular flexibility index (Phi) is 10.3. The third-order valence-electron chi connectivity index (χ3n) is 9.57. The van der Waals surface area contributed by atoms with Gasteiger partial charge in [0.2, 0.25) is 0 Å². The molecule has 44 heavy (non-hydrogen) atoms. The van der Waals surface area contributed by atoms with E-state index in [1.807, 2.05) is 112 Å². The largest absolute Gasteiger partial charge is 0.493 e. The zero-order valence-corrected chi connectivity index (χ0v) is 28.3. The lowest BCUT2D eigenvalue weighted by Crippen LogP contribution is -2.38. The summed E-state index contributed by atoms with van der Waals surface area (Å²) in [6, 6.07) is 0. The van der Waals surface area contributed by atoms with Crippen molar-refractivity contribution in [2.75, 3.05) is 19.8 Å². The molecule has 3 atom stereocenters. The lowest BCUT2D eigenvalue weighted by Gasteiger charge is -2.36. The zero-order chi connectivity index (χ0) is 33.1. The van der Waals surface area contributed by atoms with Crippen LogP contribution in [-0.4, -0.2) is 51.9 Å². The van der Waals surface area contributed by atoms with E-state index in [4.69, 9.17) is 14.2 Å². The second-order valence-corrected chi connectivity index (χ2v) is 15.0. The summed E-state index contributed by atoms with van der Waals surface area (Å²) in [5.41, 5.74) is -5.19. The molecule has 0 aromatic rings. The normalized spacial score (nSPS) is 28.7. The van der Waals surface area contributed by atoms with Crippen LogP contribution in [-0.2, 0) is 14.2 Å². The van der Waals surface area contributed by atoms with Crippen molar-refractivity contribution in [2.24, 2.45) is 21.7 Å². The Bertz CT molecular complexity index is 1250. The highest BCUT2D eigenvalue weighted by atomic mass is 16.5. The minimum absolute atomic E-state index is 0.285. The highest BCUT2D eigenvalue weighted by Gasteiger charge is 2.38. The molecule has 0 amide bonds. The van der Waals surface area contributed by atoms with Crippen molar-refractivity contribution in [2.45, 2.75) is 86.0 Å². The molecule has 3 aliphatic rings. The summed E-state index contributed by atoms with van der Waals surface area (Å²) < 4.78 is 19.1. The molecule has 0 aliphatic heterocycles. The summed E-state index contributed by atoms with van der Waals surface area (Å²) >= 11 is 0. The third kappa shape index (κ3) is 8.56. The molecular weight excluding hydrogens is 552 g/mol. The summed E-state index contributed by atoms with van der Waals surface area (Å²) in [4.78, 5) is 0. The number of allylic oxidation sites excluding steroid dienone is 9. The fourth-order valence-electron chi connectivity index (χ4n) is 4.59. The molecule has 6 heteroatoms. The predicted molar refractivity (Wildman–Crippen MR) is 178 cm³/mol. The Labute approximate surface area is 265 Å². The van der Waals surface area contributed by atoms with Gasteiger partial charge in [0, 0.05) is 16.2 Å². The van der Waals surface area contributed by atoms with Crippen LogP contribution in [0.2, 0.25) is 0 Å². The monoisotopic (exact) mass is 606 g/mol. The van der Waals surface area contributed by atoms with Gasteiger partial charge in [-0.3, -0.25) is 0 Å². The van der Waals surface area contributed by atoms with Gasteiger partial charge >= 0.3 is 0 Å². The first-order valence-corrected chi connectivity index (χ1v) is 15.4. The van der Waals surface area contributed by atoms with E-state index < -0.39 is 38.5 Å². The highest BCUT2D eigenvalue weighted by Crippen LogP contribution is 2.39. The minimum Gasteiger partial charge on any atom is -0.493 e. The van der Waals surface area contributed by atoms with Crippen molar-refractivity contribution in [1.29, 1.82) is 0 Å². The minimum atomic E-state index is -0.993. The summed E-state index contributed by atoms with van der Waals surface area (Å²) in [6.07, 6.45) is 29.0. The molecule has 0 aromatic carbocycles. The van der Waals surface area contributed by atoms with Gasteiger partial charge in [0.15, 0.2) is 0 Å². The molecule has 0 bridgehead atoms. The lowest BCUT2D eigenvalue weighted by atomic mass is 9.75. The molecule has 3 aliphatic carbocycles. The van der Waals surface area contributed by atoms with E-state index >= 15 is 0 Å². The summed E-state index contributed by atoms with van der Waals surface area (Å²) in [6.45, 7) is 19.6. The number of hydrogen-bond donors (Lipinski definition) is 3. The van der Waals surface area contributed by atoms with Crippen molar-refractivity contribution in [1.82, 2.24) is 0 Å². The number of aliphatic hydroxyl groups is 3. The maximum Gasteiger partial charge on any atom is 0.119 e. The molecule has 0 radical (unpaired) electrons. The van der Waals surface area contributed by atoms with Crippen LogP contribution in [0.5, 0.6) is 0 Å². The van der Waals surface area contributed by atoms with Gasteiger partial charge in [-0.25, -0.2) is 0 Å². The smallest absolute Gasteiger partial charge is 0.119 e. The van der Waals surface area contributed by atoms with Gasteiger partial charge in [0.25, 0.3) is 0 Å². The van der Waals surface area contributed by atoms with E-state index in [2.05, 4.69) is 6.92 Å². The van der Waals surface area contributed by atoms with Crippen LogP contribution < -0.4 is 0 Å². The van der Waals surface area contributed by atoms with Gasteiger partial charge in [-0.1, -0.05) is 54.7 Å². The van der Waals surface area contributed by atoms with Crippen molar-refractivity contribution in [3.8, 4) is 0 Å². The highest BCUT2D eigenvalue weighted by molar-refractivity contribution is 5.33. The van der Waals surface area contributed by atoms with E-state index in [1.165, 1.54) is 0 Å². The van der Waals surface area contributed by atoms with Crippen LogP contribution in [0.25, 0.3) is 0 Å². The van der Waals surface area contributed by atoms with E-state index in [1.54, 1.807) is 41.5 Å². The first kappa shape index (κ1) is 35.4. The number of rotatable bonds is 12. The Morgan fingerprint density at radius 2 is 0.886 bits per heavy atom. The number of hydrogen-bond acceptors (Lipinski definition) is 6. The van der Waals surface area contributed by atoms with Crippen LogP contribution >= 0.6 is 0 Å². The van der Waals surface area contributed by atoms with Gasteiger partial charge < -0.3 is 29.5 Å². The SMILES string of the molecule is CC(COC1=CC=CC(C)(C(C)(C)O)C=C1)(COC1=CC=CC(C)(C(C)(C)O)C=C1)COC1=CC(C)(C(C)(C)O)C=CC=C1. The van der Waals surface area contributed by atoms with Crippen molar-refractivity contribution >= 4 is 0 Å². The van der Waals surface area contributed by atoms with E-state index in [-0.39, 0.29) is 6.61 Å². The third-order valence-corrected chi connectivity index (χ3v) is 9.57. The van der Waals surface area contributed by atoms with Gasteiger partial charge in [-0.2, -0.15) is 0 Å². The fraction of sp³-hybridized carbons (Fsp3) is 0.526. The average Bonchev–Trinajstić information content (AvgIpc) is 3.32. The Hall–Kier alpha value is -3.06. The Balaban J connectivity index is 1.82. The summed E-state index contributed by atoms with van der Waals surface area (Å²) in [7, 11) is 0. The average molecular weight is 607 g/mol. The molecule has 0 aromatic heterocycles. The maximum atomic E-state index is 10.9. The molecule has 242 valence electrons. The molecule has 0 saturated heterocycles. The molecule has 0 heterocycles. The Morgan fingerprint density at radius 3 is 1.30 bits per heavy atom. The number of ether oxygens (including phenoxy) is 3. The van der Waals surface area contributed by atoms with Crippen molar-refractivity contribution in [3.05, 3.63) is 108 Å². The first-order chi connectivity index (χ1) is 20.1. The second-order valence-electron chi connectivity index (χ2n) is 15.0. The molecule has 3 unspecified atom stereocenters. The molecule has 0 spiro atoms. The fourth-order valence-corrected chi connectivity index (χ4v) is 4.59. The van der Waals surface area contributed by atoms with Crippen LogP contribution in [0.1, 0.15) is 69.2 Å². The lowest BCUT2D eigenvalue weighted by molar-refractivity contribution is -0.0146. The molecule has 0 fully saturated rings. The Morgan fingerprint density at radius 1 is 0.500 bits per heavy atom. The van der Waals surface area contributed by atoms with Crippen LogP contribution in [0.4, 0.5) is 0 Å². The zero-order valence-electron chi connectivity index (χ0n) is 28.3. The molecule has 3 rings (SSSR count). The topological polar surface area (TPSA) is 88.4 Å². The van der Waals surface area contributed by atoms with Crippen LogP contribution in [0.15, 0.2) is 108 Å². The molecule has 3 N–H and O–H groups in total. The van der Waals surface area contributed by atoms with Gasteiger partial charge in [-0.15, -0.1) is 0 Å².